The lowest BCUT2D eigenvalue weighted by atomic mass is 9.91. The molecule has 1 aliphatic heterocycles. The third-order valence-electron chi connectivity index (χ3n) is 4.24. The van der Waals surface area contributed by atoms with E-state index >= 15 is 0 Å². The zero-order valence-corrected chi connectivity index (χ0v) is 12.9. The highest BCUT2D eigenvalue weighted by molar-refractivity contribution is 5.32. The van der Waals surface area contributed by atoms with Crippen LogP contribution in [0.4, 0.5) is 0 Å². The van der Waals surface area contributed by atoms with Crippen molar-refractivity contribution >= 4 is 0 Å². The van der Waals surface area contributed by atoms with Crippen molar-refractivity contribution in [1.29, 1.82) is 5.26 Å². The number of nitrogens with one attached hydrogen (secondary N) is 1. The van der Waals surface area contributed by atoms with Gasteiger partial charge in [0.1, 0.15) is 5.54 Å². The molecule has 0 spiro atoms. The van der Waals surface area contributed by atoms with Gasteiger partial charge in [0.15, 0.2) is 0 Å². The molecular formula is C16H23N3O2. The summed E-state index contributed by atoms with van der Waals surface area (Å²) in [5.74, 6) is 0. The fourth-order valence-electron chi connectivity index (χ4n) is 2.93. The molecule has 1 N–H and O–H groups in total. The number of hydrogen-bond donors (Lipinski definition) is 1. The molecule has 1 aromatic carbocycles. The molecule has 0 radical (unpaired) electrons. The van der Waals surface area contributed by atoms with E-state index in [1.807, 2.05) is 37.4 Å². The second kappa shape index (κ2) is 7.01. The Kier molecular flexibility index (Phi) is 5.32. The first kappa shape index (κ1) is 15.9. The van der Waals surface area contributed by atoms with Gasteiger partial charge in [-0.05, 0) is 12.6 Å². The van der Waals surface area contributed by atoms with Gasteiger partial charge in [-0.25, -0.2) is 0 Å². The Balaban J connectivity index is 2.17. The molecule has 1 aromatic rings. The molecular weight excluding hydrogens is 266 g/mol. The first-order chi connectivity index (χ1) is 10.2. The number of benzene rings is 1. The van der Waals surface area contributed by atoms with E-state index in [9.17, 15) is 5.26 Å². The van der Waals surface area contributed by atoms with Crippen LogP contribution >= 0.6 is 0 Å². The maximum Gasteiger partial charge on any atom is 0.144 e. The van der Waals surface area contributed by atoms with Gasteiger partial charge in [0, 0.05) is 33.9 Å². The van der Waals surface area contributed by atoms with Gasteiger partial charge in [0.05, 0.1) is 18.3 Å². The Labute approximate surface area is 126 Å². The van der Waals surface area contributed by atoms with Crippen LogP contribution in [0.3, 0.4) is 0 Å². The Hall–Kier alpha value is -1.45. The molecule has 1 saturated heterocycles. The maximum atomic E-state index is 9.73. The highest BCUT2D eigenvalue weighted by atomic mass is 16.5. The Morgan fingerprint density at radius 3 is 2.24 bits per heavy atom. The molecule has 5 nitrogen and oxygen atoms in total. The molecule has 0 bridgehead atoms. The van der Waals surface area contributed by atoms with Gasteiger partial charge in [-0.2, -0.15) is 5.26 Å². The topological polar surface area (TPSA) is 57.5 Å². The monoisotopic (exact) mass is 289 g/mol. The van der Waals surface area contributed by atoms with Crippen LogP contribution < -0.4 is 5.32 Å². The lowest BCUT2D eigenvalue weighted by Crippen LogP contribution is -2.48. The predicted octanol–water partition coefficient (Wildman–Crippen LogP) is 0.970. The summed E-state index contributed by atoms with van der Waals surface area (Å²) < 4.78 is 10.9. The SMILES string of the molecule is CNC(C#N)(CN1CC(OC)C(OC)C1)c1ccccc1. The quantitative estimate of drug-likeness (QED) is 0.845. The lowest BCUT2D eigenvalue weighted by molar-refractivity contribution is -0.00461. The fraction of sp³-hybridized carbons (Fsp3) is 0.562. The summed E-state index contributed by atoms with van der Waals surface area (Å²) in [6, 6.07) is 12.3. The van der Waals surface area contributed by atoms with E-state index in [0.29, 0.717) is 6.54 Å². The summed E-state index contributed by atoms with van der Waals surface area (Å²) in [6.45, 7) is 2.14. The van der Waals surface area contributed by atoms with E-state index in [4.69, 9.17) is 9.47 Å². The van der Waals surface area contributed by atoms with E-state index in [-0.39, 0.29) is 12.2 Å². The van der Waals surface area contributed by atoms with E-state index in [1.54, 1.807) is 14.2 Å². The minimum absolute atomic E-state index is 0.0547. The number of methoxy groups -OCH3 is 2. The van der Waals surface area contributed by atoms with Crippen LogP contribution in [0, 0.1) is 11.3 Å². The highest BCUT2D eigenvalue weighted by Gasteiger charge is 2.39. The summed E-state index contributed by atoms with van der Waals surface area (Å²) in [5.41, 5.74) is 0.257. The van der Waals surface area contributed by atoms with Crippen molar-refractivity contribution in [2.45, 2.75) is 17.7 Å². The van der Waals surface area contributed by atoms with Gasteiger partial charge in [-0.3, -0.25) is 10.2 Å². The number of nitrogens with zero attached hydrogens (tertiary/aromatic N) is 2. The van der Waals surface area contributed by atoms with E-state index < -0.39 is 5.54 Å². The predicted molar refractivity (Wildman–Crippen MR) is 80.8 cm³/mol. The first-order valence-corrected chi connectivity index (χ1v) is 7.12. The molecule has 1 aliphatic rings. The molecule has 1 fully saturated rings. The van der Waals surface area contributed by atoms with Crippen molar-refractivity contribution in [3.63, 3.8) is 0 Å². The lowest BCUT2D eigenvalue weighted by Gasteiger charge is -2.31. The fourth-order valence-corrected chi connectivity index (χ4v) is 2.93. The summed E-state index contributed by atoms with van der Waals surface area (Å²) in [4.78, 5) is 2.22. The van der Waals surface area contributed by atoms with Crippen molar-refractivity contribution in [3.8, 4) is 6.07 Å². The molecule has 2 rings (SSSR count). The van der Waals surface area contributed by atoms with Gasteiger partial charge in [-0.15, -0.1) is 0 Å². The summed E-state index contributed by atoms with van der Waals surface area (Å²) in [7, 11) is 5.23. The minimum atomic E-state index is -0.720. The molecule has 0 saturated carbocycles. The molecule has 3 unspecified atom stereocenters. The Morgan fingerprint density at radius 2 is 1.81 bits per heavy atom. The number of likely N-dealkylation sites (N-methyl/N-ethyl adjacent to an activating group) is 1. The number of hydrogen-bond acceptors (Lipinski definition) is 5. The third-order valence-corrected chi connectivity index (χ3v) is 4.24. The molecule has 0 amide bonds. The zero-order valence-electron chi connectivity index (χ0n) is 12.9. The number of rotatable bonds is 6. The van der Waals surface area contributed by atoms with Crippen LogP contribution in [0.2, 0.25) is 0 Å². The Bertz CT molecular complexity index is 476. The summed E-state index contributed by atoms with van der Waals surface area (Å²) >= 11 is 0. The molecule has 3 atom stereocenters. The summed E-state index contributed by atoms with van der Waals surface area (Å²) in [6.07, 6.45) is 0.109. The molecule has 1 heterocycles. The molecule has 0 aromatic heterocycles. The normalized spacial score (nSPS) is 25.4. The van der Waals surface area contributed by atoms with Crippen molar-refractivity contribution in [3.05, 3.63) is 35.9 Å². The van der Waals surface area contributed by atoms with Crippen LogP contribution in [0.15, 0.2) is 30.3 Å². The number of ether oxygens (including phenoxy) is 2. The minimum Gasteiger partial charge on any atom is -0.377 e. The average Bonchev–Trinajstić information content (AvgIpc) is 2.95. The van der Waals surface area contributed by atoms with E-state index in [2.05, 4.69) is 16.3 Å². The number of nitriles is 1. The van der Waals surface area contributed by atoms with Gasteiger partial charge in [-0.1, -0.05) is 30.3 Å². The van der Waals surface area contributed by atoms with Gasteiger partial charge in [0.25, 0.3) is 0 Å². The van der Waals surface area contributed by atoms with Gasteiger partial charge < -0.3 is 9.47 Å². The van der Waals surface area contributed by atoms with Crippen molar-refractivity contribution in [1.82, 2.24) is 10.2 Å². The highest BCUT2D eigenvalue weighted by Crippen LogP contribution is 2.25. The van der Waals surface area contributed by atoms with Crippen LogP contribution in [0.5, 0.6) is 0 Å². The smallest absolute Gasteiger partial charge is 0.144 e. The van der Waals surface area contributed by atoms with Crippen LogP contribution in [-0.2, 0) is 15.0 Å². The van der Waals surface area contributed by atoms with Crippen LogP contribution in [0.1, 0.15) is 5.56 Å². The first-order valence-electron chi connectivity index (χ1n) is 7.12. The second-order valence-corrected chi connectivity index (χ2v) is 5.38. The van der Waals surface area contributed by atoms with Crippen molar-refractivity contribution < 1.29 is 9.47 Å². The zero-order chi connectivity index (χ0) is 15.3. The molecule has 5 heteroatoms. The van der Waals surface area contributed by atoms with Gasteiger partial charge >= 0.3 is 0 Å². The summed E-state index contributed by atoms with van der Waals surface area (Å²) in [5, 5.41) is 12.9. The van der Waals surface area contributed by atoms with Crippen LogP contribution in [-0.4, -0.2) is 58.0 Å². The maximum absolute atomic E-state index is 9.73. The average molecular weight is 289 g/mol. The largest absolute Gasteiger partial charge is 0.377 e. The standard InChI is InChI=1S/C16H23N3O2/c1-18-16(11-17,13-7-5-4-6-8-13)12-19-9-14(20-2)15(10-19)21-3/h4-8,14-15,18H,9-10,12H2,1-3H3. The van der Waals surface area contributed by atoms with Gasteiger partial charge in [0.2, 0.25) is 0 Å². The third kappa shape index (κ3) is 3.25. The number of likely N-dealkylation sites (tertiary alicyclic amines) is 1. The van der Waals surface area contributed by atoms with Crippen LogP contribution in [0.25, 0.3) is 0 Å². The second-order valence-electron chi connectivity index (χ2n) is 5.38. The Morgan fingerprint density at radius 1 is 1.24 bits per heavy atom. The molecule has 21 heavy (non-hydrogen) atoms. The molecule has 0 aliphatic carbocycles. The van der Waals surface area contributed by atoms with Crippen molar-refractivity contribution in [2.24, 2.45) is 0 Å². The van der Waals surface area contributed by atoms with E-state index in [1.165, 1.54) is 0 Å². The van der Waals surface area contributed by atoms with E-state index in [0.717, 1.165) is 18.7 Å². The van der Waals surface area contributed by atoms with Crippen molar-refractivity contribution in [2.75, 3.05) is 40.9 Å². The molecule has 114 valence electrons.